The van der Waals surface area contributed by atoms with Crippen LogP contribution in [0.15, 0.2) is 28.0 Å². The number of aliphatic imine (C=N–C) groups is 1. The van der Waals surface area contributed by atoms with E-state index in [2.05, 4.69) is 11.1 Å². The Kier molecular flexibility index (Phi) is 3.81. The molecule has 0 amide bonds. The summed E-state index contributed by atoms with van der Waals surface area (Å²) in [6, 6.07) is 8.18. The monoisotopic (exact) mass is 350 g/mol. The Balaban J connectivity index is 1.74. The number of thiophene rings is 1. The quantitative estimate of drug-likeness (QED) is 0.665. The number of nitrogens with zero attached hydrogens (tertiary/aromatic N) is 4. The van der Waals surface area contributed by atoms with Crippen molar-refractivity contribution < 1.29 is 0 Å². The summed E-state index contributed by atoms with van der Waals surface area (Å²) in [4.78, 5) is 17.9. The van der Waals surface area contributed by atoms with Gasteiger partial charge in [-0.1, -0.05) is 6.07 Å². The molecular weight excluding hydrogens is 332 g/mol. The van der Waals surface area contributed by atoms with Gasteiger partial charge in [0, 0.05) is 25.2 Å². The second-order valence-corrected chi connectivity index (χ2v) is 7.49. The molecule has 0 bridgehead atoms. The Bertz CT molecular complexity index is 1110. The van der Waals surface area contributed by atoms with Gasteiger partial charge >= 0.3 is 5.69 Å². The van der Waals surface area contributed by atoms with Gasteiger partial charge in [0.2, 0.25) is 0 Å². The number of aromatic nitrogens is 2. The van der Waals surface area contributed by atoms with Gasteiger partial charge in [-0.2, -0.15) is 5.26 Å². The third-order valence-electron chi connectivity index (χ3n) is 4.89. The lowest BCUT2D eigenvalue weighted by Gasteiger charge is -2.09. The van der Waals surface area contributed by atoms with Gasteiger partial charge in [-0.05, 0) is 48.9 Å². The molecular formula is C19H18N4OS. The first-order valence-electron chi connectivity index (χ1n) is 8.34. The highest BCUT2D eigenvalue weighted by atomic mass is 32.1. The number of imidazole rings is 1. The summed E-state index contributed by atoms with van der Waals surface area (Å²) in [6.45, 7) is 0. The maximum atomic E-state index is 12.0. The van der Waals surface area contributed by atoms with E-state index in [9.17, 15) is 10.1 Å². The van der Waals surface area contributed by atoms with E-state index in [1.165, 1.54) is 16.9 Å². The molecule has 0 N–H and O–H groups in total. The van der Waals surface area contributed by atoms with E-state index >= 15 is 0 Å². The SMILES string of the molecule is Cn1c(=O)n(C)c2cc(/C=N/c3sc4c(c3C#N)CCCC4)ccc21. The van der Waals surface area contributed by atoms with Gasteiger partial charge < -0.3 is 0 Å². The van der Waals surface area contributed by atoms with Gasteiger partial charge in [-0.3, -0.25) is 9.13 Å². The number of hydrogen-bond donors (Lipinski definition) is 0. The van der Waals surface area contributed by atoms with E-state index in [0.717, 1.165) is 46.4 Å². The topological polar surface area (TPSA) is 63.1 Å². The first-order valence-corrected chi connectivity index (χ1v) is 9.16. The maximum Gasteiger partial charge on any atom is 0.328 e. The van der Waals surface area contributed by atoms with Crippen LogP contribution in [0, 0.1) is 11.3 Å². The van der Waals surface area contributed by atoms with Crippen molar-refractivity contribution in [2.75, 3.05) is 0 Å². The second-order valence-electron chi connectivity index (χ2n) is 6.41. The van der Waals surface area contributed by atoms with E-state index in [1.54, 1.807) is 40.8 Å². The first kappa shape index (κ1) is 15.9. The lowest BCUT2D eigenvalue weighted by Crippen LogP contribution is -2.19. The van der Waals surface area contributed by atoms with Crippen molar-refractivity contribution in [3.63, 3.8) is 0 Å². The number of nitriles is 1. The van der Waals surface area contributed by atoms with Gasteiger partial charge in [-0.15, -0.1) is 11.3 Å². The van der Waals surface area contributed by atoms with E-state index in [4.69, 9.17) is 0 Å². The number of aryl methyl sites for hydroxylation is 3. The zero-order valence-electron chi connectivity index (χ0n) is 14.2. The fraction of sp³-hybridized carbons (Fsp3) is 0.316. The molecule has 2 aromatic heterocycles. The number of benzene rings is 1. The highest BCUT2D eigenvalue weighted by molar-refractivity contribution is 7.16. The molecule has 0 saturated carbocycles. The van der Waals surface area contributed by atoms with Gasteiger partial charge in [-0.25, -0.2) is 9.79 Å². The second kappa shape index (κ2) is 6.01. The van der Waals surface area contributed by atoms with Crippen molar-refractivity contribution >= 4 is 33.6 Å². The minimum Gasteiger partial charge on any atom is -0.295 e. The van der Waals surface area contributed by atoms with Crippen molar-refractivity contribution in [1.82, 2.24) is 9.13 Å². The normalized spacial score (nSPS) is 14.1. The van der Waals surface area contributed by atoms with Crippen molar-refractivity contribution in [2.24, 2.45) is 19.1 Å². The summed E-state index contributed by atoms with van der Waals surface area (Å²) in [5, 5.41) is 10.3. The molecule has 0 saturated heterocycles. The van der Waals surface area contributed by atoms with Crippen LogP contribution in [0.1, 0.15) is 34.4 Å². The van der Waals surface area contributed by atoms with Crippen LogP contribution in [-0.2, 0) is 26.9 Å². The zero-order chi connectivity index (χ0) is 17.6. The fourth-order valence-electron chi connectivity index (χ4n) is 3.49. The molecule has 0 spiro atoms. The van der Waals surface area contributed by atoms with Gasteiger partial charge in [0.05, 0.1) is 16.6 Å². The van der Waals surface area contributed by atoms with Crippen LogP contribution in [0.4, 0.5) is 5.00 Å². The number of fused-ring (bicyclic) bond motifs is 2. The van der Waals surface area contributed by atoms with Crippen molar-refractivity contribution in [2.45, 2.75) is 25.7 Å². The molecule has 0 fully saturated rings. The smallest absolute Gasteiger partial charge is 0.295 e. The van der Waals surface area contributed by atoms with Gasteiger partial charge in [0.1, 0.15) is 11.1 Å². The lowest BCUT2D eigenvalue weighted by atomic mass is 9.96. The maximum absolute atomic E-state index is 12.0. The van der Waals surface area contributed by atoms with E-state index in [-0.39, 0.29) is 5.69 Å². The third kappa shape index (κ3) is 2.52. The fourth-order valence-corrected chi connectivity index (χ4v) is 4.68. The van der Waals surface area contributed by atoms with E-state index in [1.807, 2.05) is 18.2 Å². The summed E-state index contributed by atoms with van der Waals surface area (Å²) < 4.78 is 3.27. The molecule has 5 nitrogen and oxygen atoms in total. The van der Waals surface area contributed by atoms with Crippen LogP contribution < -0.4 is 5.69 Å². The van der Waals surface area contributed by atoms with Crippen molar-refractivity contribution in [3.8, 4) is 6.07 Å². The molecule has 25 heavy (non-hydrogen) atoms. The largest absolute Gasteiger partial charge is 0.328 e. The molecule has 0 unspecified atom stereocenters. The van der Waals surface area contributed by atoms with Gasteiger partial charge in [0.15, 0.2) is 0 Å². The molecule has 0 radical (unpaired) electrons. The molecule has 0 aliphatic heterocycles. The minimum atomic E-state index is -0.0400. The van der Waals surface area contributed by atoms with Crippen LogP contribution in [-0.4, -0.2) is 15.3 Å². The van der Waals surface area contributed by atoms with E-state index in [0.29, 0.717) is 0 Å². The molecule has 3 aromatic rings. The Labute approximate surface area is 149 Å². The molecule has 2 heterocycles. The lowest BCUT2D eigenvalue weighted by molar-refractivity contribution is 0.696. The zero-order valence-corrected chi connectivity index (χ0v) is 15.1. The highest BCUT2D eigenvalue weighted by Crippen LogP contribution is 2.39. The Morgan fingerprint density at radius 2 is 1.96 bits per heavy atom. The van der Waals surface area contributed by atoms with E-state index < -0.39 is 0 Å². The molecule has 1 aromatic carbocycles. The van der Waals surface area contributed by atoms with Crippen molar-refractivity contribution in [1.29, 1.82) is 5.26 Å². The highest BCUT2D eigenvalue weighted by Gasteiger charge is 2.20. The molecule has 1 aliphatic rings. The molecule has 6 heteroatoms. The van der Waals surface area contributed by atoms with Crippen LogP contribution in [0.3, 0.4) is 0 Å². The Morgan fingerprint density at radius 1 is 1.20 bits per heavy atom. The Hall–Kier alpha value is -2.65. The van der Waals surface area contributed by atoms with Crippen LogP contribution in [0.2, 0.25) is 0 Å². The standard InChI is InChI=1S/C19H18N4OS/c1-22-15-8-7-12(9-16(15)23(2)19(22)24)11-21-18-14(10-20)13-5-3-4-6-17(13)25-18/h7-9,11H,3-6H2,1-2H3/b21-11+. The third-order valence-corrected chi connectivity index (χ3v) is 6.09. The number of hydrogen-bond acceptors (Lipinski definition) is 4. The molecule has 4 rings (SSSR count). The summed E-state index contributed by atoms with van der Waals surface area (Å²) >= 11 is 1.64. The van der Waals surface area contributed by atoms with Crippen LogP contribution >= 0.6 is 11.3 Å². The molecule has 0 atom stereocenters. The summed E-state index contributed by atoms with van der Waals surface area (Å²) in [7, 11) is 3.54. The molecule has 1 aliphatic carbocycles. The predicted octanol–water partition coefficient (Wildman–Crippen LogP) is 3.44. The van der Waals surface area contributed by atoms with Crippen molar-refractivity contribution in [3.05, 3.63) is 50.3 Å². The summed E-state index contributed by atoms with van der Waals surface area (Å²) in [6.07, 6.45) is 6.18. The summed E-state index contributed by atoms with van der Waals surface area (Å²) in [5.74, 6) is 0. The predicted molar refractivity (Wildman–Crippen MR) is 101 cm³/mol. The minimum absolute atomic E-state index is 0.0400. The van der Waals surface area contributed by atoms with Crippen LogP contribution in [0.25, 0.3) is 11.0 Å². The average molecular weight is 350 g/mol. The first-order chi connectivity index (χ1) is 12.1. The van der Waals surface area contributed by atoms with Crippen LogP contribution in [0.5, 0.6) is 0 Å². The molecule has 126 valence electrons. The summed E-state index contributed by atoms with van der Waals surface area (Å²) in [5.41, 5.74) is 4.60. The Morgan fingerprint density at radius 3 is 2.76 bits per heavy atom. The number of rotatable bonds is 2. The van der Waals surface area contributed by atoms with Gasteiger partial charge in [0.25, 0.3) is 0 Å². The average Bonchev–Trinajstić information content (AvgIpc) is 3.10.